The maximum Gasteiger partial charge on any atom is 0.439 e. The molecule has 0 heterocycles. The molecule has 0 saturated heterocycles. The number of hydrogen-bond donors (Lipinski definition) is 0. The summed E-state index contributed by atoms with van der Waals surface area (Å²) in [5.74, 6) is 0.0490. The Kier molecular flexibility index (Phi) is 9.36. The van der Waals surface area contributed by atoms with Crippen molar-refractivity contribution >= 4 is 47.7 Å². The van der Waals surface area contributed by atoms with Crippen LogP contribution in [0.1, 0.15) is 11.1 Å². The second-order valence-corrected chi connectivity index (χ2v) is 14.6. The van der Waals surface area contributed by atoms with Crippen LogP contribution in [-0.2, 0) is 24.6 Å². The molecule has 2 aromatic rings. The molecule has 16 heteroatoms. The number of rotatable bonds is 12. The highest BCUT2D eigenvalue weighted by molar-refractivity contribution is 8.55. The van der Waals surface area contributed by atoms with E-state index in [1.165, 1.54) is 51.0 Å². The van der Waals surface area contributed by atoms with Crippen LogP contribution < -0.4 is 9.05 Å². The van der Waals surface area contributed by atoms with Crippen molar-refractivity contribution in [1.82, 2.24) is 0 Å². The number of benzene rings is 2. The van der Waals surface area contributed by atoms with Gasteiger partial charge in [0.25, 0.3) is 11.4 Å². The first-order chi connectivity index (χ1) is 15.5. The van der Waals surface area contributed by atoms with E-state index in [-0.39, 0.29) is 40.4 Å². The van der Waals surface area contributed by atoms with Crippen LogP contribution in [-0.4, -0.2) is 36.6 Å². The lowest BCUT2D eigenvalue weighted by molar-refractivity contribution is -0.386. The maximum absolute atomic E-state index is 12.4. The summed E-state index contributed by atoms with van der Waals surface area (Å²) in [6, 6.07) is 7.32. The minimum atomic E-state index is -3.54. The van der Waals surface area contributed by atoms with Crippen molar-refractivity contribution < 1.29 is 37.1 Å². The first-order valence-electron chi connectivity index (χ1n) is 8.86. The molecule has 33 heavy (non-hydrogen) atoms. The summed E-state index contributed by atoms with van der Waals surface area (Å²) in [6.45, 7) is -7.07. The zero-order valence-corrected chi connectivity index (χ0v) is 21.3. The van der Waals surface area contributed by atoms with E-state index in [4.69, 9.17) is 18.1 Å². The Morgan fingerprint density at radius 3 is 1.42 bits per heavy atom. The molecule has 0 radical (unpaired) electrons. The number of nitrogens with zero attached hydrogens (tertiary/aromatic N) is 2. The standard InChI is InChI=1S/C17H20N2O10P2S2/c1-26-30(24,32-3)28-14-5-7-16(18(20)21)12(10-14)9-13-11-15(6-8-17(13)19(22)23)29-31(25,27-2)33-4/h5-8,10-11H,9H2,1-4H3. The summed E-state index contributed by atoms with van der Waals surface area (Å²) in [5.41, 5.74) is -0.542. The summed E-state index contributed by atoms with van der Waals surface area (Å²) < 4.78 is 45.3. The molecule has 0 saturated carbocycles. The lowest BCUT2D eigenvalue weighted by atomic mass is 10.0. The topological polar surface area (TPSA) is 157 Å². The fourth-order valence-corrected chi connectivity index (χ4v) is 5.84. The van der Waals surface area contributed by atoms with Crippen molar-refractivity contribution in [3.63, 3.8) is 0 Å². The van der Waals surface area contributed by atoms with Crippen LogP contribution in [0.4, 0.5) is 11.4 Å². The van der Waals surface area contributed by atoms with E-state index in [0.29, 0.717) is 0 Å². The van der Waals surface area contributed by atoms with Crippen LogP contribution in [0.15, 0.2) is 36.4 Å². The third kappa shape index (κ3) is 6.95. The van der Waals surface area contributed by atoms with Gasteiger partial charge in [0.15, 0.2) is 0 Å². The Bertz CT molecular complexity index is 1040. The summed E-state index contributed by atoms with van der Waals surface area (Å²) in [5, 5.41) is 23.1. The minimum absolute atomic E-state index is 0.0245. The molecule has 2 aromatic carbocycles. The summed E-state index contributed by atoms with van der Waals surface area (Å²) in [7, 11) is 2.40. The molecule has 0 fully saturated rings. The van der Waals surface area contributed by atoms with Gasteiger partial charge in [-0.25, -0.2) is 9.13 Å². The molecule has 0 aliphatic heterocycles. The molecular formula is C17H20N2O10P2S2. The van der Waals surface area contributed by atoms with Crippen LogP contribution in [0.25, 0.3) is 0 Å². The highest BCUT2D eigenvalue weighted by Gasteiger charge is 2.27. The molecule has 0 bridgehead atoms. The van der Waals surface area contributed by atoms with E-state index in [0.717, 1.165) is 34.9 Å². The number of nitro groups is 2. The summed E-state index contributed by atoms with van der Waals surface area (Å²) in [4.78, 5) is 21.8. The van der Waals surface area contributed by atoms with Gasteiger partial charge in [-0.05, 0) is 59.5 Å². The lowest BCUT2D eigenvalue weighted by Gasteiger charge is -2.16. The summed E-state index contributed by atoms with van der Waals surface area (Å²) in [6.07, 6.45) is 2.76. The predicted octanol–water partition coefficient (Wildman–Crippen LogP) is 6.09. The van der Waals surface area contributed by atoms with Gasteiger partial charge in [-0.3, -0.25) is 29.3 Å². The molecule has 0 aromatic heterocycles. The van der Waals surface area contributed by atoms with Crippen LogP contribution in [0, 0.1) is 20.2 Å². The van der Waals surface area contributed by atoms with E-state index >= 15 is 0 Å². The lowest BCUT2D eigenvalue weighted by Crippen LogP contribution is -2.02. The fourth-order valence-electron chi connectivity index (χ4n) is 2.64. The molecular weight excluding hydrogens is 518 g/mol. The van der Waals surface area contributed by atoms with Crippen molar-refractivity contribution in [1.29, 1.82) is 0 Å². The second-order valence-electron chi connectivity index (χ2n) is 6.08. The van der Waals surface area contributed by atoms with Gasteiger partial charge in [-0.1, -0.05) is 0 Å². The Balaban J connectivity index is 2.54. The third-order valence-electron chi connectivity index (χ3n) is 4.21. The van der Waals surface area contributed by atoms with Crippen LogP contribution in [0.3, 0.4) is 0 Å². The largest absolute Gasteiger partial charge is 0.439 e. The van der Waals surface area contributed by atoms with Crippen LogP contribution in [0.5, 0.6) is 11.5 Å². The molecule has 0 N–H and O–H groups in total. The van der Waals surface area contributed by atoms with Crippen molar-refractivity contribution in [2.45, 2.75) is 6.42 Å². The highest BCUT2D eigenvalue weighted by atomic mass is 32.7. The van der Waals surface area contributed by atoms with E-state index in [2.05, 4.69) is 0 Å². The Morgan fingerprint density at radius 2 is 1.15 bits per heavy atom. The van der Waals surface area contributed by atoms with Crippen molar-refractivity contribution in [2.24, 2.45) is 0 Å². The van der Waals surface area contributed by atoms with Gasteiger partial charge in [-0.15, -0.1) is 0 Å². The normalized spacial score (nSPS) is 14.7. The molecule has 12 nitrogen and oxygen atoms in total. The van der Waals surface area contributed by atoms with E-state index < -0.39 is 23.4 Å². The maximum atomic E-state index is 12.4. The zero-order chi connectivity index (χ0) is 24.8. The van der Waals surface area contributed by atoms with Crippen LogP contribution >= 0.6 is 36.4 Å². The molecule has 0 aliphatic carbocycles. The average Bonchev–Trinajstić information content (AvgIpc) is 2.78. The van der Waals surface area contributed by atoms with Gasteiger partial charge < -0.3 is 9.05 Å². The Morgan fingerprint density at radius 1 is 0.788 bits per heavy atom. The third-order valence-corrected chi connectivity index (χ3v) is 10.9. The van der Waals surface area contributed by atoms with E-state index in [1.807, 2.05) is 0 Å². The minimum Gasteiger partial charge on any atom is -0.417 e. The molecule has 2 atom stereocenters. The summed E-state index contributed by atoms with van der Waals surface area (Å²) >= 11 is 1.67. The molecule has 180 valence electrons. The second kappa shape index (κ2) is 11.4. The predicted molar refractivity (Wildman–Crippen MR) is 127 cm³/mol. The first kappa shape index (κ1) is 27.2. The Labute approximate surface area is 197 Å². The van der Waals surface area contributed by atoms with E-state index in [1.54, 1.807) is 0 Å². The SMILES string of the molecule is COP(=O)(Oc1ccc([N+](=O)[O-])c(Cc2cc(OP(=O)(OC)SC)ccc2[N+](=O)[O-])c1)SC. The van der Waals surface area contributed by atoms with Gasteiger partial charge in [0.1, 0.15) is 11.5 Å². The Hall–Kier alpha value is -2.08. The van der Waals surface area contributed by atoms with Gasteiger partial charge in [0.05, 0.1) is 9.85 Å². The van der Waals surface area contributed by atoms with Crippen molar-refractivity contribution in [3.8, 4) is 11.5 Å². The van der Waals surface area contributed by atoms with Gasteiger partial charge in [0.2, 0.25) is 0 Å². The van der Waals surface area contributed by atoms with Gasteiger partial charge in [0, 0.05) is 43.9 Å². The number of hydrogen-bond acceptors (Lipinski definition) is 12. The molecule has 2 rings (SSSR count). The van der Waals surface area contributed by atoms with Gasteiger partial charge in [-0.2, -0.15) is 0 Å². The molecule has 0 aliphatic rings. The average molecular weight is 538 g/mol. The van der Waals surface area contributed by atoms with Gasteiger partial charge >= 0.3 is 13.6 Å². The molecule has 0 spiro atoms. The van der Waals surface area contributed by atoms with Crippen molar-refractivity contribution in [2.75, 3.05) is 26.7 Å². The molecule has 0 amide bonds. The van der Waals surface area contributed by atoms with Crippen LogP contribution in [0.2, 0.25) is 0 Å². The van der Waals surface area contributed by atoms with E-state index in [9.17, 15) is 29.4 Å². The quantitative estimate of drug-likeness (QED) is 0.174. The smallest absolute Gasteiger partial charge is 0.417 e. The first-order valence-corrected chi connectivity index (χ1v) is 15.6. The highest BCUT2D eigenvalue weighted by Crippen LogP contribution is 2.59. The molecule has 2 unspecified atom stereocenters. The monoisotopic (exact) mass is 538 g/mol. The van der Waals surface area contributed by atoms with Crippen molar-refractivity contribution in [3.05, 3.63) is 67.8 Å². The fraction of sp³-hybridized carbons (Fsp3) is 0.294. The number of nitro benzene ring substituents is 2. The zero-order valence-electron chi connectivity index (χ0n) is 17.9.